The number of nitrogens with one attached hydrogen (secondary N) is 1. The van der Waals surface area contributed by atoms with Gasteiger partial charge in [0.25, 0.3) is 0 Å². The van der Waals surface area contributed by atoms with Crippen molar-refractivity contribution in [1.29, 1.82) is 0 Å². The van der Waals surface area contributed by atoms with Gasteiger partial charge >= 0.3 is 0 Å². The molecule has 1 aliphatic rings. The maximum atomic E-state index is 9.50. The molecule has 1 unspecified atom stereocenters. The van der Waals surface area contributed by atoms with Crippen molar-refractivity contribution in [1.82, 2.24) is 10.3 Å². The zero-order valence-corrected chi connectivity index (χ0v) is 10.1. The maximum Gasteiger partial charge on any atom is 0.117 e. The van der Waals surface area contributed by atoms with Crippen LogP contribution in [0.5, 0.6) is 5.75 Å². The lowest BCUT2D eigenvalue weighted by Gasteiger charge is -2.15. The Morgan fingerprint density at radius 3 is 3.11 bits per heavy atom. The van der Waals surface area contributed by atoms with Crippen molar-refractivity contribution in [3.8, 4) is 5.75 Å². The minimum Gasteiger partial charge on any atom is -0.508 e. The Morgan fingerprint density at radius 2 is 2.17 bits per heavy atom. The number of rotatable bonds is 1. The summed E-state index contributed by atoms with van der Waals surface area (Å²) in [6.45, 7) is 2.40. The van der Waals surface area contributed by atoms with E-state index in [1.165, 1.54) is 0 Å². The van der Waals surface area contributed by atoms with Crippen LogP contribution in [0.3, 0.4) is 0 Å². The molecule has 1 aliphatic heterocycles. The SMILES string of the molecule is Oc1ccc2ccc(C3COCCCN3)nc2c1. The van der Waals surface area contributed by atoms with Crippen molar-refractivity contribution in [2.45, 2.75) is 12.5 Å². The van der Waals surface area contributed by atoms with E-state index in [-0.39, 0.29) is 11.8 Å². The van der Waals surface area contributed by atoms with Crippen LogP contribution in [0.4, 0.5) is 0 Å². The van der Waals surface area contributed by atoms with Crippen molar-refractivity contribution in [3.63, 3.8) is 0 Å². The van der Waals surface area contributed by atoms with E-state index in [1.54, 1.807) is 12.1 Å². The molecule has 0 spiro atoms. The summed E-state index contributed by atoms with van der Waals surface area (Å²) in [5, 5.41) is 14.0. The number of hydrogen-bond acceptors (Lipinski definition) is 4. The molecule has 2 N–H and O–H groups in total. The van der Waals surface area contributed by atoms with E-state index in [0.29, 0.717) is 6.61 Å². The molecule has 2 heterocycles. The summed E-state index contributed by atoms with van der Waals surface area (Å²) in [5.74, 6) is 0.247. The number of phenols is 1. The highest BCUT2D eigenvalue weighted by Crippen LogP contribution is 2.21. The first-order chi connectivity index (χ1) is 8.83. The molecule has 0 amide bonds. The zero-order chi connectivity index (χ0) is 12.4. The highest BCUT2D eigenvalue weighted by atomic mass is 16.5. The molecule has 1 aromatic carbocycles. The van der Waals surface area contributed by atoms with Gasteiger partial charge in [0, 0.05) is 18.1 Å². The van der Waals surface area contributed by atoms with Gasteiger partial charge in [-0.05, 0) is 31.2 Å². The third-order valence-corrected chi connectivity index (χ3v) is 3.19. The normalized spacial score (nSPS) is 20.8. The quantitative estimate of drug-likeness (QED) is 0.805. The number of benzene rings is 1. The van der Waals surface area contributed by atoms with Crippen LogP contribution in [0.25, 0.3) is 10.9 Å². The first kappa shape index (κ1) is 11.4. The Kier molecular flexibility index (Phi) is 3.13. The molecule has 3 rings (SSSR count). The fourth-order valence-corrected chi connectivity index (χ4v) is 2.22. The van der Waals surface area contributed by atoms with Crippen LogP contribution in [0.2, 0.25) is 0 Å². The monoisotopic (exact) mass is 244 g/mol. The minimum atomic E-state index is 0.138. The van der Waals surface area contributed by atoms with Gasteiger partial charge < -0.3 is 15.2 Å². The van der Waals surface area contributed by atoms with E-state index in [1.807, 2.05) is 18.2 Å². The van der Waals surface area contributed by atoms with Crippen molar-refractivity contribution in [2.75, 3.05) is 19.8 Å². The van der Waals surface area contributed by atoms with Crippen LogP contribution in [0.1, 0.15) is 18.2 Å². The van der Waals surface area contributed by atoms with Crippen molar-refractivity contribution in [3.05, 3.63) is 36.0 Å². The van der Waals surface area contributed by atoms with Gasteiger partial charge in [0.2, 0.25) is 0 Å². The fraction of sp³-hybridized carbons (Fsp3) is 0.357. The molecule has 2 aromatic rings. The van der Waals surface area contributed by atoms with Gasteiger partial charge in [-0.2, -0.15) is 0 Å². The molecule has 4 nitrogen and oxygen atoms in total. The number of hydrogen-bond donors (Lipinski definition) is 2. The molecule has 1 aromatic heterocycles. The van der Waals surface area contributed by atoms with E-state index in [4.69, 9.17) is 4.74 Å². The third kappa shape index (κ3) is 2.30. The maximum absolute atomic E-state index is 9.50. The van der Waals surface area contributed by atoms with Gasteiger partial charge in [-0.25, -0.2) is 0 Å². The molecular formula is C14H16N2O2. The highest BCUT2D eigenvalue weighted by Gasteiger charge is 2.15. The van der Waals surface area contributed by atoms with Crippen molar-refractivity contribution >= 4 is 10.9 Å². The second-order valence-corrected chi connectivity index (χ2v) is 4.55. The van der Waals surface area contributed by atoms with Crippen molar-refractivity contribution in [2.24, 2.45) is 0 Å². The highest BCUT2D eigenvalue weighted by molar-refractivity contribution is 5.80. The number of aromatic hydroxyl groups is 1. The molecule has 0 saturated carbocycles. The van der Waals surface area contributed by atoms with Gasteiger partial charge in [-0.3, -0.25) is 4.98 Å². The zero-order valence-electron chi connectivity index (χ0n) is 10.1. The fourth-order valence-electron chi connectivity index (χ4n) is 2.22. The second kappa shape index (κ2) is 4.92. The average Bonchev–Trinajstić information content (AvgIpc) is 2.66. The number of phenolic OH excluding ortho intramolecular Hbond substituents is 1. The van der Waals surface area contributed by atoms with Gasteiger partial charge in [-0.15, -0.1) is 0 Å². The summed E-state index contributed by atoms with van der Waals surface area (Å²) in [5.41, 5.74) is 1.79. The van der Waals surface area contributed by atoms with Crippen molar-refractivity contribution < 1.29 is 9.84 Å². The Hall–Kier alpha value is -1.65. The molecule has 0 aliphatic carbocycles. The number of nitrogens with zero attached hydrogens (tertiary/aromatic N) is 1. The van der Waals surface area contributed by atoms with Crippen LogP contribution in [0.15, 0.2) is 30.3 Å². The summed E-state index contributed by atoms with van der Waals surface area (Å²) in [4.78, 5) is 4.60. The lowest BCUT2D eigenvalue weighted by Crippen LogP contribution is -2.24. The Bertz CT molecular complexity index is 548. The molecule has 1 atom stereocenters. The minimum absolute atomic E-state index is 0.138. The molecule has 1 fully saturated rings. The van der Waals surface area contributed by atoms with E-state index >= 15 is 0 Å². The van der Waals surface area contributed by atoms with Crippen LogP contribution in [-0.2, 0) is 4.74 Å². The van der Waals surface area contributed by atoms with E-state index in [9.17, 15) is 5.11 Å². The first-order valence-corrected chi connectivity index (χ1v) is 6.24. The molecule has 0 bridgehead atoms. The smallest absolute Gasteiger partial charge is 0.117 e. The summed E-state index contributed by atoms with van der Waals surface area (Å²) in [6, 6.07) is 9.43. The second-order valence-electron chi connectivity index (χ2n) is 4.55. The summed E-state index contributed by atoms with van der Waals surface area (Å²) in [7, 11) is 0. The van der Waals surface area contributed by atoms with Gasteiger partial charge in [0.05, 0.1) is 23.9 Å². The molecule has 0 radical (unpaired) electrons. The van der Waals surface area contributed by atoms with Gasteiger partial charge in [-0.1, -0.05) is 6.07 Å². The third-order valence-electron chi connectivity index (χ3n) is 3.19. The number of pyridine rings is 1. The Morgan fingerprint density at radius 1 is 1.28 bits per heavy atom. The molecular weight excluding hydrogens is 228 g/mol. The number of ether oxygens (including phenoxy) is 1. The predicted molar refractivity (Wildman–Crippen MR) is 69.6 cm³/mol. The van der Waals surface area contributed by atoms with Crippen LogP contribution < -0.4 is 5.32 Å². The lowest BCUT2D eigenvalue weighted by molar-refractivity contribution is 0.131. The lowest BCUT2D eigenvalue weighted by atomic mass is 10.1. The molecule has 4 heteroatoms. The molecule has 94 valence electrons. The Balaban J connectivity index is 1.96. The largest absolute Gasteiger partial charge is 0.508 e. The Labute approximate surface area is 106 Å². The molecule has 1 saturated heterocycles. The van der Waals surface area contributed by atoms with E-state index < -0.39 is 0 Å². The average molecular weight is 244 g/mol. The standard InChI is InChI=1S/C14H16N2O2/c17-11-4-2-10-3-5-12(16-13(10)8-11)14-9-18-7-1-6-15-14/h2-5,8,14-15,17H,1,6-7,9H2. The summed E-state index contributed by atoms with van der Waals surface area (Å²) >= 11 is 0. The topological polar surface area (TPSA) is 54.4 Å². The number of fused-ring (bicyclic) bond motifs is 1. The van der Waals surface area contributed by atoms with Gasteiger partial charge in [0.1, 0.15) is 5.75 Å². The van der Waals surface area contributed by atoms with E-state index in [2.05, 4.69) is 10.3 Å². The van der Waals surface area contributed by atoms with Crippen LogP contribution in [-0.4, -0.2) is 29.8 Å². The van der Waals surface area contributed by atoms with Gasteiger partial charge in [0.15, 0.2) is 0 Å². The van der Waals surface area contributed by atoms with Crippen LogP contribution in [0, 0.1) is 0 Å². The first-order valence-electron chi connectivity index (χ1n) is 6.24. The number of aromatic nitrogens is 1. The summed E-state index contributed by atoms with van der Waals surface area (Å²) in [6.07, 6.45) is 1.03. The van der Waals surface area contributed by atoms with Crippen LogP contribution >= 0.6 is 0 Å². The summed E-state index contributed by atoms with van der Waals surface area (Å²) < 4.78 is 5.55. The molecule has 18 heavy (non-hydrogen) atoms. The van der Waals surface area contributed by atoms with E-state index in [0.717, 1.165) is 36.2 Å². The predicted octanol–water partition coefficient (Wildman–Crippen LogP) is 1.99.